The third-order valence-corrected chi connectivity index (χ3v) is 7.02. The van der Waals surface area contributed by atoms with Crippen LogP contribution in [0.4, 0.5) is 5.95 Å². The first-order valence-corrected chi connectivity index (χ1v) is 12.9. The molecule has 35 heavy (non-hydrogen) atoms. The summed E-state index contributed by atoms with van der Waals surface area (Å²) in [4.78, 5) is 21.8. The molecule has 2 heterocycles. The molecule has 9 heteroatoms. The lowest BCUT2D eigenvalue weighted by Gasteiger charge is -2.27. The second-order valence-electron chi connectivity index (χ2n) is 10.1. The van der Waals surface area contributed by atoms with E-state index in [1.54, 1.807) is 12.1 Å². The van der Waals surface area contributed by atoms with Gasteiger partial charge in [-0.15, -0.1) is 0 Å². The van der Waals surface area contributed by atoms with Crippen LogP contribution in [0.15, 0.2) is 53.4 Å². The Morgan fingerprint density at radius 1 is 1.03 bits per heavy atom. The second-order valence-corrected chi connectivity index (χ2v) is 11.7. The summed E-state index contributed by atoms with van der Waals surface area (Å²) in [6.07, 6.45) is 0.649. The summed E-state index contributed by atoms with van der Waals surface area (Å²) in [6, 6.07) is 13.2. The summed E-state index contributed by atoms with van der Waals surface area (Å²) >= 11 is 0. The first kappa shape index (κ1) is 24.7. The number of aromatic nitrogens is 2. The summed E-state index contributed by atoms with van der Waals surface area (Å²) in [5.41, 5.74) is 3.57. The van der Waals surface area contributed by atoms with Crippen molar-refractivity contribution in [2.24, 2.45) is 5.41 Å². The number of nitrogens with zero attached hydrogens (tertiary/aromatic N) is 2. The number of fused-ring (bicyclic) bond motifs is 4. The van der Waals surface area contributed by atoms with E-state index in [0.717, 1.165) is 16.7 Å². The number of carbonyl (C=O) groups excluding carboxylic acids is 1. The predicted molar refractivity (Wildman–Crippen MR) is 135 cm³/mol. The molecule has 0 fully saturated rings. The molecule has 4 bridgehead atoms. The van der Waals surface area contributed by atoms with Gasteiger partial charge in [0.2, 0.25) is 11.8 Å². The van der Waals surface area contributed by atoms with E-state index >= 15 is 0 Å². The van der Waals surface area contributed by atoms with Gasteiger partial charge in [-0.2, -0.15) is 4.98 Å². The van der Waals surface area contributed by atoms with Gasteiger partial charge in [0.1, 0.15) is 6.61 Å². The van der Waals surface area contributed by atoms with Gasteiger partial charge in [0.05, 0.1) is 16.6 Å². The van der Waals surface area contributed by atoms with Crippen LogP contribution in [0.5, 0.6) is 5.88 Å². The highest BCUT2D eigenvalue weighted by Crippen LogP contribution is 2.30. The minimum absolute atomic E-state index is 0.0553. The Balaban J connectivity index is 1.86. The molecule has 0 aliphatic carbocycles. The molecule has 1 atom stereocenters. The van der Waals surface area contributed by atoms with E-state index in [1.165, 1.54) is 18.2 Å². The van der Waals surface area contributed by atoms with Crippen molar-refractivity contribution in [2.75, 3.05) is 11.3 Å². The lowest BCUT2D eigenvalue weighted by molar-refractivity contribution is 0.0903. The first-order chi connectivity index (χ1) is 16.4. The van der Waals surface area contributed by atoms with Crippen LogP contribution in [0.2, 0.25) is 0 Å². The van der Waals surface area contributed by atoms with E-state index < -0.39 is 10.0 Å². The Bertz CT molecular complexity index is 1360. The van der Waals surface area contributed by atoms with Gasteiger partial charge in [0.25, 0.3) is 15.9 Å². The zero-order valence-corrected chi connectivity index (χ0v) is 21.4. The molecule has 4 rings (SSSR count). The van der Waals surface area contributed by atoms with Crippen molar-refractivity contribution in [1.82, 2.24) is 15.3 Å². The summed E-state index contributed by atoms with van der Waals surface area (Å²) < 4.78 is 34.8. The smallest absolute Gasteiger partial charge is 0.264 e. The summed E-state index contributed by atoms with van der Waals surface area (Å²) in [5, 5.41) is 3.00. The molecular weight excluding hydrogens is 464 g/mol. The zero-order valence-electron chi connectivity index (χ0n) is 20.5. The number of benzene rings is 2. The number of anilines is 1. The number of hydrogen-bond donors (Lipinski definition) is 2. The van der Waals surface area contributed by atoms with Gasteiger partial charge in [-0.05, 0) is 55.0 Å². The van der Waals surface area contributed by atoms with Crippen LogP contribution in [0, 0.1) is 19.3 Å². The largest absolute Gasteiger partial charge is 0.475 e. The molecule has 0 saturated heterocycles. The highest BCUT2D eigenvalue weighted by Gasteiger charge is 2.25. The Labute approximate surface area is 206 Å². The maximum atomic E-state index is 13.2. The number of carbonyl (C=O) groups is 1. The Kier molecular flexibility index (Phi) is 6.55. The van der Waals surface area contributed by atoms with Crippen molar-refractivity contribution in [3.8, 4) is 17.1 Å². The average Bonchev–Trinajstić information content (AvgIpc) is 2.76. The van der Waals surface area contributed by atoms with Crippen molar-refractivity contribution in [3.05, 3.63) is 65.2 Å². The Hall–Kier alpha value is -3.46. The van der Waals surface area contributed by atoms with Crippen LogP contribution >= 0.6 is 0 Å². The molecule has 1 aromatic heterocycles. The van der Waals surface area contributed by atoms with Crippen molar-refractivity contribution in [3.63, 3.8) is 0 Å². The summed E-state index contributed by atoms with van der Waals surface area (Å²) in [6.45, 7) is 10.4. The molecule has 0 unspecified atom stereocenters. The topological polar surface area (TPSA) is 110 Å². The third-order valence-electron chi connectivity index (χ3n) is 5.70. The van der Waals surface area contributed by atoms with E-state index in [2.05, 4.69) is 40.8 Å². The molecular formula is C26H30N4O4S. The van der Waals surface area contributed by atoms with Gasteiger partial charge in [-0.1, -0.05) is 45.0 Å². The van der Waals surface area contributed by atoms with Gasteiger partial charge < -0.3 is 10.1 Å². The van der Waals surface area contributed by atoms with Crippen LogP contribution in [0.25, 0.3) is 11.3 Å². The summed E-state index contributed by atoms with van der Waals surface area (Å²) in [7, 11) is -4.05. The fourth-order valence-corrected chi connectivity index (χ4v) is 5.21. The molecule has 0 radical (unpaired) electrons. The van der Waals surface area contributed by atoms with Crippen molar-refractivity contribution in [1.29, 1.82) is 0 Å². The van der Waals surface area contributed by atoms with E-state index in [1.807, 2.05) is 32.0 Å². The van der Waals surface area contributed by atoms with Crippen LogP contribution in [-0.2, 0) is 10.0 Å². The highest BCUT2D eigenvalue weighted by molar-refractivity contribution is 7.92. The van der Waals surface area contributed by atoms with Gasteiger partial charge in [-0.3, -0.25) is 4.79 Å². The number of aryl methyl sites for hydroxylation is 2. The van der Waals surface area contributed by atoms with Crippen LogP contribution < -0.4 is 14.8 Å². The fourth-order valence-electron chi connectivity index (χ4n) is 4.22. The van der Waals surface area contributed by atoms with E-state index in [-0.39, 0.29) is 46.3 Å². The van der Waals surface area contributed by atoms with Crippen LogP contribution in [0.3, 0.4) is 0 Å². The molecule has 2 aromatic carbocycles. The molecule has 1 aliphatic heterocycles. The molecule has 8 nitrogen and oxygen atoms in total. The zero-order chi connectivity index (χ0) is 25.4. The molecule has 3 aromatic rings. The first-order valence-electron chi connectivity index (χ1n) is 11.4. The molecule has 184 valence electrons. The van der Waals surface area contributed by atoms with Gasteiger partial charge in [0.15, 0.2) is 0 Å². The maximum absolute atomic E-state index is 13.2. The number of hydrogen-bond acceptors (Lipinski definition) is 6. The molecule has 2 N–H and O–H groups in total. The lowest BCUT2D eigenvalue weighted by atomic mass is 9.88. The van der Waals surface area contributed by atoms with Crippen molar-refractivity contribution < 1.29 is 17.9 Å². The van der Waals surface area contributed by atoms with Crippen LogP contribution in [0.1, 0.15) is 48.7 Å². The monoisotopic (exact) mass is 494 g/mol. The number of amides is 1. The van der Waals surface area contributed by atoms with E-state index in [4.69, 9.17) is 4.74 Å². The molecule has 1 aliphatic rings. The maximum Gasteiger partial charge on any atom is 0.264 e. The van der Waals surface area contributed by atoms with E-state index in [9.17, 15) is 13.2 Å². The SMILES string of the molecule is Cc1cccc(C)c1-c1cc2nc(n1)NS(=O)(=O)c1cccc(c1)C(=O)N[C@@H](CC(C)(C)C)CO2. The summed E-state index contributed by atoms with van der Waals surface area (Å²) in [5.74, 6) is -0.251. The Morgan fingerprint density at radius 2 is 1.71 bits per heavy atom. The number of sulfonamides is 1. The highest BCUT2D eigenvalue weighted by atomic mass is 32.2. The van der Waals surface area contributed by atoms with Crippen LogP contribution in [-0.4, -0.2) is 36.9 Å². The molecule has 1 amide bonds. The number of rotatable bonds is 2. The molecule has 0 saturated carbocycles. The third kappa shape index (κ3) is 5.79. The minimum atomic E-state index is -4.05. The van der Waals surface area contributed by atoms with Gasteiger partial charge in [-0.25, -0.2) is 18.1 Å². The average molecular weight is 495 g/mol. The molecule has 0 spiro atoms. The number of nitrogens with one attached hydrogen (secondary N) is 2. The quantitative estimate of drug-likeness (QED) is 0.543. The minimum Gasteiger partial charge on any atom is -0.475 e. The van der Waals surface area contributed by atoms with Crippen molar-refractivity contribution >= 4 is 21.9 Å². The number of ether oxygens (including phenoxy) is 1. The van der Waals surface area contributed by atoms with Gasteiger partial charge in [0, 0.05) is 17.2 Å². The lowest BCUT2D eigenvalue weighted by Crippen LogP contribution is -2.41. The predicted octanol–water partition coefficient (Wildman–Crippen LogP) is 4.49. The van der Waals surface area contributed by atoms with Gasteiger partial charge >= 0.3 is 0 Å². The second kappa shape index (κ2) is 9.30. The standard InChI is InChI=1S/C26H30N4O4S/c1-16-8-6-9-17(2)23(16)21-13-22-29-25(28-21)30-35(32,33)20-11-7-10-18(12-20)24(31)27-19(15-34-22)14-26(3,4)5/h6-13,19H,14-15H2,1-5H3,(H,27,31)(H,28,29,30)/t19-/m0/s1. The van der Waals surface area contributed by atoms with Crippen molar-refractivity contribution in [2.45, 2.75) is 52.0 Å². The normalized spacial score (nSPS) is 17.6. The fraction of sp³-hybridized carbons (Fsp3) is 0.346. The van der Waals surface area contributed by atoms with E-state index in [0.29, 0.717) is 12.1 Å². The Morgan fingerprint density at radius 3 is 2.40 bits per heavy atom.